The minimum Gasteiger partial charge on any atom is -0.382 e. The highest BCUT2D eigenvalue weighted by Crippen LogP contribution is 2.05. The number of ether oxygens (including phenoxy) is 1. The summed E-state index contributed by atoms with van der Waals surface area (Å²) >= 11 is 0. The van der Waals surface area contributed by atoms with Gasteiger partial charge in [-0.3, -0.25) is 4.99 Å². The first-order chi connectivity index (χ1) is 13.3. The van der Waals surface area contributed by atoms with Gasteiger partial charge in [0.25, 0.3) is 0 Å². The van der Waals surface area contributed by atoms with Gasteiger partial charge in [-0.1, -0.05) is 30.3 Å². The van der Waals surface area contributed by atoms with Crippen LogP contribution in [0.4, 0.5) is 0 Å². The van der Waals surface area contributed by atoms with Crippen LogP contribution in [0.1, 0.15) is 38.1 Å². The Morgan fingerprint density at radius 2 is 2.00 bits per heavy atom. The van der Waals surface area contributed by atoms with Crippen LogP contribution < -0.4 is 10.6 Å². The molecule has 2 rings (SSSR count). The molecule has 27 heavy (non-hydrogen) atoms. The lowest BCUT2D eigenvalue weighted by Gasteiger charge is -2.12. The largest absolute Gasteiger partial charge is 0.382 e. The van der Waals surface area contributed by atoms with E-state index in [0.717, 1.165) is 70.4 Å². The van der Waals surface area contributed by atoms with E-state index in [1.54, 1.807) is 0 Å². The molecule has 0 spiro atoms. The number of hydrogen-bond donors (Lipinski definition) is 2. The van der Waals surface area contributed by atoms with Gasteiger partial charge in [0.15, 0.2) is 5.96 Å². The van der Waals surface area contributed by atoms with Crippen LogP contribution >= 0.6 is 0 Å². The van der Waals surface area contributed by atoms with E-state index in [2.05, 4.69) is 56.4 Å². The minimum absolute atomic E-state index is 0.785. The number of guanidine groups is 1. The van der Waals surface area contributed by atoms with Crippen LogP contribution in [0.5, 0.6) is 0 Å². The molecule has 0 bridgehead atoms. The van der Waals surface area contributed by atoms with Gasteiger partial charge in [0.2, 0.25) is 0 Å². The Balaban J connectivity index is 1.77. The van der Waals surface area contributed by atoms with Gasteiger partial charge in [-0.25, -0.2) is 4.98 Å². The Morgan fingerprint density at radius 3 is 2.78 bits per heavy atom. The molecule has 1 aromatic carbocycles. The van der Waals surface area contributed by atoms with E-state index in [9.17, 15) is 0 Å². The maximum absolute atomic E-state index is 5.36. The van der Waals surface area contributed by atoms with Gasteiger partial charge < -0.3 is 19.9 Å². The van der Waals surface area contributed by atoms with E-state index in [0.29, 0.717) is 0 Å². The molecule has 1 aromatic heterocycles. The van der Waals surface area contributed by atoms with E-state index >= 15 is 0 Å². The highest BCUT2D eigenvalue weighted by Gasteiger charge is 2.04. The van der Waals surface area contributed by atoms with E-state index < -0.39 is 0 Å². The summed E-state index contributed by atoms with van der Waals surface area (Å²) in [6.45, 7) is 9.03. The third kappa shape index (κ3) is 8.26. The van der Waals surface area contributed by atoms with Crippen LogP contribution in [-0.4, -0.2) is 48.4 Å². The highest BCUT2D eigenvalue weighted by atomic mass is 16.5. The number of benzene rings is 1. The normalized spacial score (nSPS) is 11.6. The summed E-state index contributed by atoms with van der Waals surface area (Å²) in [5.74, 6) is 1.95. The Kier molecular flexibility index (Phi) is 10.0. The molecule has 0 aliphatic rings. The van der Waals surface area contributed by atoms with Crippen molar-refractivity contribution in [2.75, 3.05) is 32.8 Å². The Labute approximate surface area is 163 Å². The van der Waals surface area contributed by atoms with E-state index in [4.69, 9.17) is 4.74 Å². The molecule has 6 heteroatoms. The zero-order valence-corrected chi connectivity index (χ0v) is 16.7. The smallest absolute Gasteiger partial charge is 0.191 e. The Bertz CT molecular complexity index is 654. The summed E-state index contributed by atoms with van der Waals surface area (Å²) in [6.07, 6.45) is 6.86. The number of unbranched alkanes of at least 4 members (excludes halogenated alkanes) is 1. The van der Waals surface area contributed by atoms with Gasteiger partial charge in [-0.15, -0.1) is 0 Å². The maximum atomic E-state index is 5.36. The first kappa shape index (κ1) is 21.0. The standard InChI is InChI=1S/C21H33N5O/c1-3-22-21(24-13-8-9-17-27-4-2)25-14-12-20-23-15-16-26(20)18-19-10-6-5-7-11-19/h5-7,10-11,15-16H,3-4,8-9,12-14,17-18H2,1-2H3,(H2,22,24,25). The number of hydrogen-bond acceptors (Lipinski definition) is 3. The molecule has 0 radical (unpaired) electrons. The second-order valence-corrected chi connectivity index (χ2v) is 6.30. The molecule has 0 saturated heterocycles. The van der Waals surface area contributed by atoms with Gasteiger partial charge in [-0.2, -0.15) is 0 Å². The SMILES string of the molecule is CCNC(=NCCCCOCC)NCCc1nccn1Cc1ccccc1. The second kappa shape index (κ2) is 12.9. The van der Waals surface area contributed by atoms with Crippen molar-refractivity contribution in [3.05, 3.63) is 54.1 Å². The second-order valence-electron chi connectivity index (χ2n) is 6.30. The molecule has 2 N–H and O–H groups in total. The van der Waals surface area contributed by atoms with Crippen LogP contribution in [0.2, 0.25) is 0 Å². The van der Waals surface area contributed by atoms with Crippen molar-refractivity contribution >= 4 is 5.96 Å². The zero-order valence-electron chi connectivity index (χ0n) is 16.7. The molecule has 0 aliphatic heterocycles. The lowest BCUT2D eigenvalue weighted by molar-refractivity contribution is 0.144. The number of rotatable bonds is 12. The van der Waals surface area contributed by atoms with Crippen LogP contribution in [0.3, 0.4) is 0 Å². The van der Waals surface area contributed by atoms with E-state index in [-0.39, 0.29) is 0 Å². The van der Waals surface area contributed by atoms with Crippen LogP contribution in [-0.2, 0) is 17.7 Å². The van der Waals surface area contributed by atoms with E-state index in [1.165, 1.54) is 5.56 Å². The Hall–Kier alpha value is -2.34. The van der Waals surface area contributed by atoms with Crippen LogP contribution in [0.15, 0.2) is 47.7 Å². The monoisotopic (exact) mass is 371 g/mol. The van der Waals surface area contributed by atoms with Gasteiger partial charge in [0.1, 0.15) is 5.82 Å². The fourth-order valence-electron chi connectivity index (χ4n) is 2.78. The third-order valence-corrected chi connectivity index (χ3v) is 4.15. The topological polar surface area (TPSA) is 63.5 Å². The van der Waals surface area contributed by atoms with Gasteiger partial charge in [-0.05, 0) is 32.3 Å². The van der Waals surface area contributed by atoms with Crippen molar-refractivity contribution in [2.45, 2.75) is 39.7 Å². The molecule has 0 fully saturated rings. The third-order valence-electron chi connectivity index (χ3n) is 4.15. The van der Waals surface area contributed by atoms with Crippen molar-refractivity contribution in [1.29, 1.82) is 0 Å². The van der Waals surface area contributed by atoms with Gasteiger partial charge in [0, 0.05) is 58.2 Å². The highest BCUT2D eigenvalue weighted by molar-refractivity contribution is 5.79. The molecule has 0 aliphatic carbocycles. The summed E-state index contributed by atoms with van der Waals surface area (Å²) in [6, 6.07) is 10.5. The summed E-state index contributed by atoms with van der Waals surface area (Å²) < 4.78 is 7.56. The number of nitrogens with zero attached hydrogens (tertiary/aromatic N) is 3. The summed E-state index contributed by atoms with van der Waals surface area (Å²) in [5.41, 5.74) is 1.28. The molecule has 1 heterocycles. The Morgan fingerprint density at radius 1 is 1.15 bits per heavy atom. The first-order valence-electron chi connectivity index (χ1n) is 9.97. The summed E-state index contributed by atoms with van der Waals surface area (Å²) in [4.78, 5) is 9.14. The average Bonchev–Trinajstić information content (AvgIpc) is 3.12. The molecule has 0 amide bonds. The molecular formula is C21H33N5O. The average molecular weight is 372 g/mol. The lowest BCUT2D eigenvalue weighted by Crippen LogP contribution is -2.38. The molecule has 6 nitrogen and oxygen atoms in total. The number of aromatic nitrogens is 2. The van der Waals surface area contributed by atoms with Crippen LogP contribution in [0, 0.1) is 0 Å². The zero-order chi connectivity index (χ0) is 19.2. The van der Waals surface area contributed by atoms with Crippen molar-refractivity contribution < 1.29 is 4.74 Å². The minimum atomic E-state index is 0.785. The predicted octanol–water partition coefficient (Wildman–Crippen LogP) is 2.85. The van der Waals surface area contributed by atoms with Crippen molar-refractivity contribution in [3.8, 4) is 0 Å². The van der Waals surface area contributed by atoms with Crippen LogP contribution in [0.25, 0.3) is 0 Å². The molecule has 0 saturated carbocycles. The molecule has 0 unspecified atom stereocenters. The van der Waals surface area contributed by atoms with Gasteiger partial charge >= 0.3 is 0 Å². The molecule has 148 valence electrons. The fraction of sp³-hybridized carbons (Fsp3) is 0.524. The maximum Gasteiger partial charge on any atom is 0.191 e. The molecular weight excluding hydrogens is 338 g/mol. The molecule has 0 atom stereocenters. The predicted molar refractivity (Wildman–Crippen MR) is 111 cm³/mol. The van der Waals surface area contributed by atoms with E-state index in [1.807, 2.05) is 25.4 Å². The van der Waals surface area contributed by atoms with Crippen molar-refractivity contribution in [3.63, 3.8) is 0 Å². The molecule has 2 aromatic rings. The number of aliphatic imine (C=N–C) groups is 1. The fourth-order valence-corrected chi connectivity index (χ4v) is 2.78. The van der Waals surface area contributed by atoms with Gasteiger partial charge in [0.05, 0.1) is 0 Å². The summed E-state index contributed by atoms with van der Waals surface area (Å²) in [7, 11) is 0. The summed E-state index contributed by atoms with van der Waals surface area (Å²) in [5, 5.41) is 6.71. The quantitative estimate of drug-likeness (QED) is 0.342. The number of imidazole rings is 1. The van der Waals surface area contributed by atoms with Crippen molar-refractivity contribution in [1.82, 2.24) is 20.2 Å². The number of nitrogens with one attached hydrogen (secondary N) is 2. The van der Waals surface area contributed by atoms with Crippen molar-refractivity contribution in [2.24, 2.45) is 4.99 Å². The first-order valence-corrected chi connectivity index (χ1v) is 9.97. The lowest BCUT2D eigenvalue weighted by atomic mass is 10.2.